The van der Waals surface area contributed by atoms with Crippen molar-refractivity contribution in [2.75, 3.05) is 32.6 Å². The third-order valence-corrected chi connectivity index (χ3v) is 5.78. The Morgan fingerprint density at radius 3 is 2.61 bits per heavy atom. The molecule has 1 N–H and O–H groups in total. The molecule has 0 radical (unpaired) electrons. The van der Waals surface area contributed by atoms with Crippen LogP contribution >= 0.6 is 0 Å². The first-order chi connectivity index (χ1) is 15.9. The average Bonchev–Trinajstić information content (AvgIpc) is 3.16. The second kappa shape index (κ2) is 10.0. The van der Waals surface area contributed by atoms with Gasteiger partial charge in [-0.3, -0.25) is 4.79 Å². The van der Waals surface area contributed by atoms with Crippen molar-refractivity contribution in [3.8, 4) is 5.75 Å². The molecule has 0 aliphatic carbocycles. The number of carbonyl (C=O) groups excluding carboxylic acids is 1. The molecule has 0 aliphatic rings. The summed E-state index contributed by atoms with van der Waals surface area (Å²) in [5.74, 6) is 0.781. The van der Waals surface area contributed by atoms with E-state index in [-0.39, 0.29) is 5.91 Å². The molecule has 0 saturated heterocycles. The van der Waals surface area contributed by atoms with Gasteiger partial charge in [0.25, 0.3) is 0 Å². The van der Waals surface area contributed by atoms with Crippen LogP contribution < -0.4 is 10.1 Å². The Balaban J connectivity index is 1.36. The fourth-order valence-corrected chi connectivity index (χ4v) is 4.01. The zero-order chi connectivity index (χ0) is 23.4. The zero-order valence-corrected chi connectivity index (χ0v) is 19.8. The number of benzene rings is 2. The van der Waals surface area contributed by atoms with E-state index in [9.17, 15) is 4.79 Å². The number of ether oxygens (including phenoxy) is 1. The minimum absolute atomic E-state index is 0.0285. The lowest BCUT2D eigenvalue weighted by molar-refractivity contribution is -0.116. The predicted molar refractivity (Wildman–Crippen MR) is 132 cm³/mol. The SMILES string of the molecule is Cc1nc2c3ccccc3nn2c(C)c1CCC(=O)Nc1ccc(OCCCN(C)C)cc1. The summed E-state index contributed by atoms with van der Waals surface area (Å²) in [4.78, 5) is 19.5. The highest BCUT2D eigenvalue weighted by Crippen LogP contribution is 2.23. The third kappa shape index (κ3) is 5.31. The fraction of sp³-hybridized carbons (Fsp3) is 0.346. The van der Waals surface area contributed by atoms with Crippen LogP contribution in [0.25, 0.3) is 16.6 Å². The maximum absolute atomic E-state index is 12.6. The van der Waals surface area contributed by atoms with Gasteiger partial charge < -0.3 is 15.0 Å². The van der Waals surface area contributed by atoms with Gasteiger partial charge in [-0.25, -0.2) is 9.50 Å². The van der Waals surface area contributed by atoms with Crippen molar-refractivity contribution in [2.24, 2.45) is 0 Å². The number of nitrogens with one attached hydrogen (secondary N) is 1. The number of aryl methyl sites for hydroxylation is 2. The van der Waals surface area contributed by atoms with Gasteiger partial charge >= 0.3 is 0 Å². The van der Waals surface area contributed by atoms with Gasteiger partial charge in [0.1, 0.15) is 5.75 Å². The van der Waals surface area contributed by atoms with Crippen LogP contribution in [0.4, 0.5) is 5.69 Å². The summed E-state index contributed by atoms with van der Waals surface area (Å²) in [7, 11) is 4.10. The largest absolute Gasteiger partial charge is 0.494 e. The van der Waals surface area contributed by atoms with Crippen LogP contribution in [0.5, 0.6) is 5.75 Å². The van der Waals surface area contributed by atoms with E-state index in [1.807, 2.05) is 81.0 Å². The van der Waals surface area contributed by atoms with Crippen molar-refractivity contribution in [2.45, 2.75) is 33.1 Å². The van der Waals surface area contributed by atoms with E-state index in [0.29, 0.717) is 19.4 Å². The highest BCUT2D eigenvalue weighted by atomic mass is 16.5. The molecule has 4 rings (SSSR count). The van der Waals surface area contributed by atoms with Crippen LogP contribution in [0.2, 0.25) is 0 Å². The van der Waals surface area contributed by atoms with Gasteiger partial charge in [0.2, 0.25) is 5.91 Å². The standard InChI is InChI=1S/C26H31N5O2/c1-18-22(19(2)31-26(27-18)23-8-5-6-9-24(23)29-31)14-15-25(32)28-20-10-12-21(13-11-20)33-17-7-16-30(3)4/h5-6,8-13H,7,14-17H2,1-4H3,(H,28,32). The molecule has 0 bridgehead atoms. The van der Waals surface area contributed by atoms with Crippen molar-refractivity contribution >= 4 is 28.1 Å². The summed E-state index contributed by atoms with van der Waals surface area (Å²) >= 11 is 0. The van der Waals surface area contributed by atoms with Gasteiger partial charge in [-0.15, -0.1) is 0 Å². The van der Waals surface area contributed by atoms with Crippen molar-refractivity contribution in [3.05, 3.63) is 65.5 Å². The number of aromatic nitrogens is 3. The maximum atomic E-state index is 12.6. The molecule has 0 unspecified atom stereocenters. The first-order valence-electron chi connectivity index (χ1n) is 11.3. The highest BCUT2D eigenvalue weighted by molar-refractivity contribution is 5.92. The number of anilines is 1. The zero-order valence-electron chi connectivity index (χ0n) is 19.8. The van der Waals surface area contributed by atoms with Crippen LogP contribution in [0.1, 0.15) is 29.8 Å². The van der Waals surface area contributed by atoms with Crippen LogP contribution in [0.3, 0.4) is 0 Å². The van der Waals surface area contributed by atoms with E-state index >= 15 is 0 Å². The van der Waals surface area contributed by atoms with E-state index in [1.165, 1.54) is 0 Å². The number of hydrogen-bond donors (Lipinski definition) is 1. The molecule has 1 amide bonds. The number of fused-ring (bicyclic) bond motifs is 3. The lowest BCUT2D eigenvalue weighted by atomic mass is 10.1. The van der Waals surface area contributed by atoms with Crippen molar-refractivity contribution in [1.82, 2.24) is 19.5 Å². The summed E-state index contributed by atoms with van der Waals surface area (Å²) in [6.07, 6.45) is 1.95. The molecule has 0 fully saturated rings. The summed E-state index contributed by atoms with van der Waals surface area (Å²) in [5, 5.41) is 8.71. The Hall–Kier alpha value is -3.45. The maximum Gasteiger partial charge on any atom is 0.224 e. The Labute approximate surface area is 194 Å². The van der Waals surface area contributed by atoms with E-state index in [0.717, 1.165) is 57.9 Å². The molecule has 2 aromatic heterocycles. The second-order valence-corrected chi connectivity index (χ2v) is 8.59. The molecule has 2 heterocycles. The molecule has 7 nitrogen and oxygen atoms in total. The molecule has 0 spiro atoms. The number of amides is 1. The molecule has 2 aromatic carbocycles. The van der Waals surface area contributed by atoms with Crippen molar-refractivity contribution in [3.63, 3.8) is 0 Å². The second-order valence-electron chi connectivity index (χ2n) is 8.59. The van der Waals surface area contributed by atoms with Gasteiger partial charge in [0.05, 0.1) is 12.1 Å². The Morgan fingerprint density at radius 1 is 1.09 bits per heavy atom. The molecular weight excluding hydrogens is 414 g/mol. The van der Waals surface area contributed by atoms with Crippen LogP contribution in [-0.4, -0.2) is 52.7 Å². The molecule has 4 aromatic rings. The van der Waals surface area contributed by atoms with Crippen LogP contribution in [-0.2, 0) is 11.2 Å². The number of rotatable bonds is 9. The minimum Gasteiger partial charge on any atom is -0.494 e. The number of nitrogens with zero attached hydrogens (tertiary/aromatic N) is 4. The number of carbonyl (C=O) groups is 1. The van der Waals surface area contributed by atoms with Crippen LogP contribution in [0, 0.1) is 13.8 Å². The molecule has 172 valence electrons. The molecule has 0 aliphatic heterocycles. The third-order valence-electron chi connectivity index (χ3n) is 5.78. The van der Waals surface area contributed by atoms with Gasteiger partial charge in [0, 0.05) is 35.4 Å². The molecule has 33 heavy (non-hydrogen) atoms. The first kappa shape index (κ1) is 22.7. The van der Waals surface area contributed by atoms with E-state index in [2.05, 4.69) is 10.2 Å². The Kier molecular flexibility index (Phi) is 6.89. The Morgan fingerprint density at radius 2 is 1.85 bits per heavy atom. The lowest BCUT2D eigenvalue weighted by Crippen LogP contribution is -2.15. The van der Waals surface area contributed by atoms with E-state index in [1.54, 1.807) is 0 Å². The fourth-order valence-electron chi connectivity index (χ4n) is 4.01. The van der Waals surface area contributed by atoms with Crippen molar-refractivity contribution in [1.29, 1.82) is 0 Å². The highest BCUT2D eigenvalue weighted by Gasteiger charge is 2.15. The monoisotopic (exact) mass is 445 g/mol. The van der Waals surface area contributed by atoms with E-state index in [4.69, 9.17) is 14.8 Å². The predicted octanol–water partition coefficient (Wildman–Crippen LogP) is 4.40. The van der Waals surface area contributed by atoms with Gasteiger partial charge in [0.15, 0.2) is 5.65 Å². The summed E-state index contributed by atoms with van der Waals surface area (Å²) in [6, 6.07) is 15.5. The number of hydrogen-bond acceptors (Lipinski definition) is 5. The van der Waals surface area contributed by atoms with Gasteiger partial charge in [-0.1, -0.05) is 12.1 Å². The quantitative estimate of drug-likeness (QED) is 0.387. The summed E-state index contributed by atoms with van der Waals surface area (Å²) in [5.41, 5.74) is 5.57. The van der Waals surface area contributed by atoms with Gasteiger partial charge in [-0.2, -0.15) is 5.10 Å². The first-order valence-corrected chi connectivity index (χ1v) is 11.3. The van der Waals surface area contributed by atoms with Gasteiger partial charge in [-0.05, 0) is 82.7 Å². The Bertz CT molecular complexity index is 1260. The summed E-state index contributed by atoms with van der Waals surface area (Å²) in [6.45, 7) is 5.70. The molecule has 0 atom stereocenters. The lowest BCUT2D eigenvalue weighted by Gasteiger charge is -2.12. The smallest absolute Gasteiger partial charge is 0.224 e. The summed E-state index contributed by atoms with van der Waals surface area (Å²) < 4.78 is 7.64. The van der Waals surface area contributed by atoms with Crippen LogP contribution in [0.15, 0.2) is 48.5 Å². The topological polar surface area (TPSA) is 71.8 Å². The molecular formula is C26H31N5O2. The molecule has 0 saturated carbocycles. The normalized spacial score (nSPS) is 11.4. The average molecular weight is 446 g/mol. The minimum atomic E-state index is -0.0285. The van der Waals surface area contributed by atoms with Crippen molar-refractivity contribution < 1.29 is 9.53 Å². The molecule has 7 heteroatoms. The van der Waals surface area contributed by atoms with E-state index < -0.39 is 0 Å².